The molecular weight excluding hydrogens is 354 g/mol. The smallest absolute Gasteiger partial charge is 0.319 e. The minimum atomic E-state index is -3.50. The molecule has 0 aliphatic carbocycles. The molecule has 0 amide bonds. The molecule has 7 nitrogen and oxygen atoms in total. The lowest BCUT2D eigenvalue weighted by Gasteiger charge is -2.30. The first-order chi connectivity index (χ1) is 12.6. The lowest BCUT2D eigenvalue weighted by Crippen LogP contribution is -2.43. The van der Waals surface area contributed by atoms with E-state index in [0.29, 0.717) is 12.4 Å². The molecule has 138 valence electrons. The van der Waals surface area contributed by atoms with Crippen LogP contribution >= 0.6 is 0 Å². The van der Waals surface area contributed by atoms with E-state index in [9.17, 15) is 8.42 Å². The summed E-state index contributed by atoms with van der Waals surface area (Å²) in [6.45, 7) is 0.766. The van der Waals surface area contributed by atoms with Gasteiger partial charge < -0.3 is 9.47 Å². The standard InChI is InChI=1S/C18H21N3O4S/c1-24-18-19-11-9-17(20-18)25-16-8-5-12-21(14-16)26(22,23)13-10-15-6-3-2-4-7-15/h2-4,6-7,9-11,13,16H,5,8,12,14H2,1H3/b13-10+. The van der Waals surface area contributed by atoms with Crippen LogP contribution in [0, 0.1) is 0 Å². The number of nitrogens with zero attached hydrogens (tertiary/aromatic N) is 3. The molecule has 1 saturated heterocycles. The summed E-state index contributed by atoms with van der Waals surface area (Å²) in [6, 6.07) is 11.2. The molecule has 1 aromatic carbocycles. The van der Waals surface area contributed by atoms with E-state index in [1.807, 2.05) is 30.3 Å². The van der Waals surface area contributed by atoms with E-state index in [0.717, 1.165) is 18.4 Å². The van der Waals surface area contributed by atoms with Gasteiger partial charge in [0.25, 0.3) is 0 Å². The predicted octanol–water partition coefficient (Wildman–Crippen LogP) is 2.33. The van der Waals surface area contributed by atoms with Crippen LogP contribution in [0.3, 0.4) is 0 Å². The normalized spacial score (nSPS) is 18.7. The SMILES string of the molecule is COc1nccc(OC2CCCN(S(=O)(=O)/C=C/c3ccccc3)C2)n1. The predicted molar refractivity (Wildman–Crippen MR) is 98.2 cm³/mol. The van der Waals surface area contributed by atoms with Crippen molar-refractivity contribution in [1.29, 1.82) is 0 Å². The third-order valence-electron chi connectivity index (χ3n) is 4.01. The summed E-state index contributed by atoms with van der Waals surface area (Å²) >= 11 is 0. The minimum Gasteiger partial charge on any atom is -0.473 e. The average molecular weight is 375 g/mol. The highest BCUT2D eigenvalue weighted by Gasteiger charge is 2.28. The second kappa shape index (κ2) is 8.29. The number of hydrogen-bond acceptors (Lipinski definition) is 6. The number of benzene rings is 1. The highest BCUT2D eigenvalue weighted by molar-refractivity contribution is 7.92. The Morgan fingerprint density at radius 2 is 2.04 bits per heavy atom. The summed E-state index contributed by atoms with van der Waals surface area (Å²) in [6.07, 6.45) is 4.38. The molecular formula is C18H21N3O4S. The summed E-state index contributed by atoms with van der Waals surface area (Å²) in [7, 11) is -2.02. The van der Waals surface area contributed by atoms with Gasteiger partial charge in [0.05, 0.1) is 13.7 Å². The molecule has 8 heteroatoms. The van der Waals surface area contributed by atoms with E-state index < -0.39 is 10.0 Å². The summed E-state index contributed by atoms with van der Waals surface area (Å²) in [5.41, 5.74) is 0.842. The maximum Gasteiger partial charge on any atom is 0.319 e. The molecule has 2 heterocycles. The number of rotatable bonds is 6. The lowest BCUT2D eigenvalue weighted by molar-refractivity contribution is 0.124. The summed E-state index contributed by atoms with van der Waals surface area (Å²) in [4.78, 5) is 8.04. The van der Waals surface area contributed by atoms with Crippen molar-refractivity contribution < 1.29 is 17.9 Å². The van der Waals surface area contributed by atoms with E-state index >= 15 is 0 Å². The number of ether oxygens (including phenoxy) is 2. The zero-order valence-electron chi connectivity index (χ0n) is 14.5. The maximum absolute atomic E-state index is 12.6. The Hall–Kier alpha value is -2.45. The Morgan fingerprint density at radius 3 is 2.81 bits per heavy atom. The van der Waals surface area contributed by atoms with Gasteiger partial charge in [-0.2, -0.15) is 9.29 Å². The summed E-state index contributed by atoms with van der Waals surface area (Å²) in [5.74, 6) is 0.376. The van der Waals surface area contributed by atoms with Crippen molar-refractivity contribution in [2.75, 3.05) is 20.2 Å². The van der Waals surface area contributed by atoms with Crippen molar-refractivity contribution in [3.05, 3.63) is 53.6 Å². The molecule has 3 rings (SSSR count). The minimum absolute atomic E-state index is 0.216. The van der Waals surface area contributed by atoms with Crippen molar-refractivity contribution in [2.45, 2.75) is 18.9 Å². The lowest BCUT2D eigenvalue weighted by atomic mass is 10.1. The van der Waals surface area contributed by atoms with Crippen molar-refractivity contribution in [2.24, 2.45) is 0 Å². The number of piperidine rings is 1. The van der Waals surface area contributed by atoms with Crippen LogP contribution in [0.1, 0.15) is 18.4 Å². The zero-order chi connectivity index (χ0) is 18.4. The van der Waals surface area contributed by atoms with Gasteiger partial charge in [-0.05, 0) is 24.5 Å². The molecule has 0 spiro atoms. The molecule has 2 aromatic rings. The van der Waals surface area contributed by atoms with Crippen LogP contribution in [0.2, 0.25) is 0 Å². The van der Waals surface area contributed by atoms with E-state index in [1.54, 1.807) is 18.3 Å². The maximum atomic E-state index is 12.6. The fraction of sp³-hybridized carbons (Fsp3) is 0.333. The highest BCUT2D eigenvalue weighted by atomic mass is 32.2. The fourth-order valence-electron chi connectivity index (χ4n) is 2.71. The van der Waals surface area contributed by atoms with E-state index in [2.05, 4.69) is 9.97 Å². The van der Waals surface area contributed by atoms with Crippen LogP contribution in [0.5, 0.6) is 11.9 Å². The van der Waals surface area contributed by atoms with Gasteiger partial charge in [0.1, 0.15) is 6.10 Å². The van der Waals surface area contributed by atoms with Crippen LogP contribution < -0.4 is 9.47 Å². The Balaban J connectivity index is 1.66. The molecule has 26 heavy (non-hydrogen) atoms. The number of aromatic nitrogens is 2. The molecule has 0 N–H and O–H groups in total. The molecule has 1 atom stereocenters. The van der Waals surface area contributed by atoms with Gasteiger partial charge in [-0.25, -0.2) is 13.4 Å². The molecule has 0 bridgehead atoms. The largest absolute Gasteiger partial charge is 0.473 e. The van der Waals surface area contributed by atoms with E-state index in [4.69, 9.17) is 9.47 Å². The van der Waals surface area contributed by atoms with Crippen molar-refractivity contribution in [3.63, 3.8) is 0 Å². The third-order valence-corrected chi connectivity index (χ3v) is 5.54. The third kappa shape index (κ3) is 4.80. The van der Waals surface area contributed by atoms with Gasteiger partial charge in [0.2, 0.25) is 15.9 Å². The second-order valence-electron chi connectivity index (χ2n) is 5.88. The fourth-order valence-corrected chi connectivity index (χ4v) is 3.97. The van der Waals surface area contributed by atoms with Crippen molar-refractivity contribution in [1.82, 2.24) is 14.3 Å². The number of sulfonamides is 1. The van der Waals surface area contributed by atoms with E-state index in [1.165, 1.54) is 16.8 Å². The molecule has 0 radical (unpaired) electrons. The molecule has 1 unspecified atom stereocenters. The number of methoxy groups -OCH3 is 1. The van der Waals surface area contributed by atoms with Crippen molar-refractivity contribution >= 4 is 16.1 Å². The van der Waals surface area contributed by atoms with E-state index in [-0.39, 0.29) is 18.7 Å². The van der Waals surface area contributed by atoms with Gasteiger partial charge in [-0.1, -0.05) is 30.3 Å². The van der Waals surface area contributed by atoms with Gasteiger partial charge in [0.15, 0.2) is 0 Å². The monoisotopic (exact) mass is 375 g/mol. The van der Waals surface area contributed by atoms with Crippen LogP contribution in [-0.4, -0.2) is 49.0 Å². The van der Waals surface area contributed by atoms with Gasteiger partial charge in [0, 0.05) is 24.2 Å². The quantitative estimate of drug-likeness (QED) is 0.771. The average Bonchev–Trinajstić information content (AvgIpc) is 2.68. The van der Waals surface area contributed by atoms with Crippen LogP contribution in [0.15, 0.2) is 48.0 Å². The molecule has 1 aliphatic heterocycles. The first-order valence-electron chi connectivity index (χ1n) is 8.34. The Labute approximate surface area is 153 Å². The highest BCUT2D eigenvalue weighted by Crippen LogP contribution is 2.20. The molecule has 1 aromatic heterocycles. The van der Waals surface area contributed by atoms with Crippen LogP contribution in [0.4, 0.5) is 0 Å². The van der Waals surface area contributed by atoms with Crippen molar-refractivity contribution in [3.8, 4) is 11.9 Å². The Kier molecular flexibility index (Phi) is 5.85. The van der Waals surface area contributed by atoms with Gasteiger partial charge >= 0.3 is 6.01 Å². The zero-order valence-corrected chi connectivity index (χ0v) is 15.3. The molecule has 0 saturated carbocycles. The topological polar surface area (TPSA) is 81.6 Å². The second-order valence-corrected chi connectivity index (χ2v) is 7.70. The Bertz CT molecular complexity index is 856. The van der Waals surface area contributed by atoms with Gasteiger partial charge in [-0.3, -0.25) is 0 Å². The van der Waals surface area contributed by atoms with Gasteiger partial charge in [-0.15, -0.1) is 0 Å². The summed E-state index contributed by atoms with van der Waals surface area (Å²) in [5, 5.41) is 1.25. The first-order valence-corrected chi connectivity index (χ1v) is 9.84. The van der Waals surface area contributed by atoms with Crippen LogP contribution in [0.25, 0.3) is 6.08 Å². The summed E-state index contributed by atoms with van der Waals surface area (Å²) < 4.78 is 37.4. The Morgan fingerprint density at radius 1 is 1.23 bits per heavy atom. The first kappa shape index (κ1) is 18.3. The van der Waals surface area contributed by atoms with Crippen LogP contribution in [-0.2, 0) is 10.0 Å². The molecule has 1 fully saturated rings. The number of hydrogen-bond donors (Lipinski definition) is 0. The molecule has 1 aliphatic rings.